The SMILES string of the molecule is CCCCNC(=O)C1CCN(C(=O)CCCC(C)N)CC1. The summed E-state index contributed by atoms with van der Waals surface area (Å²) in [7, 11) is 0. The lowest BCUT2D eigenvalue weighted by molar-refractivity contribution is -0.135. The second kappa shape index (κ2) is 9.77. The highest BCUT2D eigenvalue weighted by Gasteiger charge is 2.26. The third-order valence-corrected chi connectivity index (χ3v) is 4.10. The number of rotatable bonds is 8. The van der Waals surface area contributed by atoms with Gasteiger partial charge in [-0.2, -0.15) is 0 Å². The number of unbranched alkanes of at least 4 members (excludes halogenated alkanes) is 1. The molecule has 0 aromatic carbocycles. The summed E-state index contributed by atoms with van der Waals surface area (Å²) in [4.78, 5) is 25.9. The summed E-state index contributed by atoms with van der Waals surface area (Å²) in [6, 6.07) is 0.162. The van der Waals surface area contributed by atoms with Crippen molar-refractivity contribution in [3.8, 4) is 0 Å². The van der Waals surface area contributed by atoms with Gasteiger partial charge >= 0.3 is 0 Å². The van der Waals surface area contributed by atoms with Gasteiger partial charge in [0.05, 0.1) is 0 Å². The highest BCUT2D eigenvalue weighted by Crippen LogP contribution is 2.18. The van der Waals surface area contributed by atoms with E-state index in [1.165, 1.54) is 0 Å². The van der Waals surface area contributed by atoms with Gasteiger partial charge < -0.3 is 16.0 Å². The van der Waals surface area contributed by atoms with Gasteiger partial charge in [0.2, 0.25) is 11.8 Å². The molecule has 1 saturated heterocycles. The van der Waals surface area contributed by atoms with Crippen molar-refractivity contribution in [3.05, 3.63) is 0 Å². The molecule has 1 aliphatic heterocycles. The monoisotopic (exact) mass is 297 g/mol. The maximum atomic E-state index is 12.1. The molecule has 5 heteroatoms. The van der Waals surface area contributed by atoms with Gasteiger partial charge in [0.1, 0.15) is 0 Å². The van der Waals surface area contributed by atoms with Crippen LogP contribution in [-0.2, 0) is 9.59 Å². The molecule has 1 fully saturated rings. The van der Waals surface area contributed by atoms with Gasteiger partial charge in [-0.15, -0.1) is 0 Å². The quantitative estimate of drug-likeness (QED) is 0.669. The van der Waals surface area contributed by atoms with E-state index >= 15 is 0 Å². The van der Waals surface area contributed by atoms with Crippen molar-refractivity contribution >= 4 is 11.8 Å². The Morgan fingerprint density at radius 1 is 1.29 bits per heavy atom. The lowest BCUT2D eigenvalue weighted by Crippen LogP contribution is -2.43. The molecule has 0 bridgehead atoms. The minimum absolute atomic E-state index is 0.0787. The van der Waals surface area contributed by atoms with E-state index in [1.807, 2.05) is 11.8 Å². The molecule has 0 aromatic heterocycles. The minimum atomic E-state index is 0.0787. The van der Waals surface area contributed by atoms with Crippen LogP contribution in [0.3, 0.4) is 0 Å². The van der Waals surface area contributed by atoms with Crippen LogP contribution in [0.1, 0.15) is 58.8 Å². The van der Waals surface area contributed by atoms with E-state index in [1.54, 1.807) is 0 Å². The smallest absolute Gasteiger partial charge is 0.223 e. The van der Waals surface area contributed by atoms with Crippen LogP contribution in [0.4, 0.5) is 0 Å². The van der Waals surface area contributed by atoms with E-state index in [2.05, 4.69) is 12.2 Å². The molecule has 1 rings (SSSR count). The average Bonchev–Trinajstić information content (AvgIpc) is 2.47. The predicted octanol–water partition coefficient (Wildman–Crippen LogP) is 1.66. The zero-order valence-electron chi connectivity index (χ0n) is 13.6. The molecule has 1 atom stereocenters. The van der Waals surface area contributed by atoms with Crippen LogP contribution in [0.5, 0.6) is 0 Å². The predicted molar refractivity (Wildman–Crippen MR) is 84.7 cm³/mol. The van der Waals surface area contributed by atoms with E-state index < -0.39 is 0 Å². The molecular weight excluding hydrogens is 266 g/mol. The lowest BCUT2D eigenvalue weighted by Gasteiger charge is -2.31. The van der Waals surface area contributed by atoms with Gasteiger partial charge in [0, 0.05) is 38.0 Å². The molecule has 0 saturated carbocycles. The summed E-state index contributed by atoms with van der Waals surface area (Å²) in [5.41, 5.74) is 5.69. The first-order chi connectivity index (χ1) is 10.0. The van der Waals surface area contributed by atoms with Crippen molar-refractivity contribution in [3.63, 3.8) is 0 Å². The zero-order valence-corrected chi connectivity index (χ0v) is 13.6. The maximum Gasteiger partial charge on any atom is 0.223 e. The fourth-order valence-corrected chi connectivity index (χ4v) is 2.66. The summed E-state index contributed by atoms with van der Waals surface area (Å²) in [6.07, 6.45) is 6.02. The van der Waals surface area contributed by atoms with Gasteiger partial charge in [-0.25, -0.2) is 0 Å². The fourth-order valence-electron chi connectivity index (χ4n) is 2.66. The number of carbonyl (C=O) groups is 2. The van der Waals surface area contributed by atoms with E-state index in [4.69, 9.17) is 5.73 Å². The molecule has 5 nitrogen and oxygen atoms in total. The topological polar surface area (TPSA) is 75.4 Å². The van der Waals surface area contributed by atoms with Crippen LogP contribution in [0.15, 0.2) is 0 Å². The Morgan fingerprint density at radius 3 is 2.52 bits per heavy atom. The van der Waals surface area contributed by atoms with Crippen molar-refractivity contribution in [2.75, 3.05) is 19.6 Å². The Hall–Kier alpha value is -1.10. The van der Waals surface area contributed by atoms with Crippen LogP contribution < -0.4 is 11.1 Å². The number of nitrogens with two attached hydrogens (primary N) is 1. The first kappa shape index (κ1) is 18.0. The third kappa shape index (κ3) is 6.93. The number of hydrogen-bond acceptors (Lipinski definition) is 3. The third-order valence-electron chi connectivity index (χ3n) is 4.10. The minimum Gasteiger partial charge on any atom is -0.356 e. The Balaban J connectivity index is 2.21. The first-order valence-corrected chi connectivity index (χ1v) is 8.35. The molecule has 0 radical (unpaired) electrons. The average molecular weight is 297 g/mol. The molecule has 0 spiro atoms. The second-order valence-electron chi connectivity index (χ2n) is 6.17. The summed E-state index contributed by atoms with van der Waals surface area (Å²) >= 11 is 0. The number of likely N-dealkylation sites (tertiary alicyclic amines) is 1. The van der Waals surface area contributed by atoms with E-state index in [0.29, 0.717) is 19.5 Å². The van der Waals surface area contributed by atoms with Gasteiger partial charge in [0.25, 0.3) is 0 Å². The van der Waals surface area contributed by atoms with E-state index in [0.717, 1.165) is 45.1 Å². The van der Waals surface area contributed by atoms with Crippen molar-refractivity contribution in [1.29, 1.82) is 0 Å². The number of hydrogen-bond donors (Lipinski definition) is 2. The van der Waals surface area contributed by atoms with Gasteiger partial charge in [0.15, 0.2) is 0 Å². The zero-order chi connectivity index (χ0) is 15.7. The summed E-state index contributed by atoms with van der Waals surface area (Å²) in [5, 5.41) is 2.99. The van der Waals surface area contributed by atoms with Crippen molar-refractivity contribution in [2.24, 2.45) is 11.7 Å². The van der Waals surface area contributed by atoms with Crippen LogP contribution in [-0.4, -0.2) is 42.4 Å². The van der Waals surface area contributed by atoms with Crippen LogP contribution in [0.25, 0.3) is 0 Å². The Labute approximate surface area is 128 Å². The molecule has 3 N–H and O–H groups in total. The number of piperidine rings is 1. The Bertz CT molecular complexity index is 323. The van der Waals surface area contributed by atoms with Crippen molar-refractivity contribution < 1.29 is 9.59 Å². The molecule has 21 heavy (non-hydrogen) atoms. The number of amides is 2. The summed E-state index contributed by atoms with van der Waals surface area (Å²) in [6.45, 7) is 6.27. The standard InChI is InChI=1S/C16H31N3O2/c1-3-4-10-18-16(21)14-8-11-19(12-9-14)15(20)7-5-6-13(2)17/h13-14H,3-12,17H2,1-2H3,(H,18,21). The van der Waals surface area contributed by atoms with Crippen molar-refractivity contribution in [1.82, 2.24) is 10.2 Å². The molecule has 0 aliphatic carbocycles. The lowest BCUT2D eigenvalue weighted by atomic mass is 9.95. The molecular formula is C16H31N3O2. The van der Waals surface area contributed by atoms with E-state index in [9.17, 15) is 9.59 Å². The Kier molecular flexibility index (Phi) is 8.35. The van der Waals surface area contributed by atoms with Crippen LogP contribution in [0, 0.1) is 5.92 Å². The molecule has 1 unspecified atom stereocenters. The summed E-state index contributed by atoms with van der Waals surface area (Å²) < 4.78 is 0. The molecule has 122 valence electrons. The van der Waals surface area contributed by atoms with Gasteiger partial charge in [-0.1, -0.05) is 13.3 Å². The summed E-state index contributed by atoms with van der Waals surface area (Å²) in [5.74, 6) is 0.447. The maximum absolute atomic E-state index is 12.1. The molecule has 2 amide bonds. The largest absolute Gasteiger partial charge is 0.356 e. The van der Waals surface area contributed by atoms with E-state index in [-0.39, 0.29) is 23.8 Å². The molecule has 0 aromatic rings. The number of nitrogens with one attached hydrogen (secondary N) is 1. The first-order valence-electron chi connectivity index (χ1n) is 8.35. The fraction of sp³-hybridized carbons (Fsp3) is 0.875. The Morgan fingerprint density at radius 2 is 1.95 bits per heavy atom. The number of carbonyl (C=O) groups excluding carboxylic acids is 2. The van der Waals surface area contributed by atoms with Gasteiger partial charge in [-0.05, 0) is 39.0 Å². The highest BCUT2D eigenvalue weighted by molar-refractivity contribution is 5.80. The van der Waals surface area contributed by atoms with Crippen LogP contribution >= 0.6 is 0 Å². The second-order valence-corrected chi connectivity index (χ2v) is 6.17. The highest BCUT2D eigenvalue weighted by atomic mass is 16.2. The van der Waals surface area contributed by atoms with Gasteiger partial charge in [-0.3, -0.25) is 9.59 Å². The van der Waals surface area contributed by atoms with Crippen LogP contribution in [0.2, 0.25) is 0 Å². The number of nitrogens with zero attached hydrogens (tertiary/aromatic N) is 1. The molecule has 1 heterocycles. The normalized spacial score (nSPS) is 17.6. The van der Waals surface area contributed by atoms with Crippen molar-refractivity contribution in [2.45, 2.75) is 64.8 Å². The molecule has 1 aliphatic rings.